The van der Waals surface area contributed by atoms with Crippen LogP contribution in [0.3, 0.4) is 0 Å². The second kappa shape index (κ2) is 8.17. The number of hydrogen-bond acceptors (Lipinski definition) is 2. The molecule has 0 heterocycles. The third-order valence-corrected chi connectivity index (χ3v) is 4.95. The molecule has 0 aliphatic carbocycles. The van der Waals surface area contributed by atoms with Crippen molar-refractivity contribution in [1.82, 2.24) is 5.32 Å². The van der Waals surface area contributed by atoms with E-state index >= 15 is 0 Å². The zero-order valence-electron chi connectivity index (χ0n) is 14.0. The number of nitrogens with one attached hydrogen (secondary N) is 1. The number of carbonyl (C=O) groups is 1. The molecule has 0 unspecified atom stereocenters. The Kier molecular flexibility index (Phi) is 5.71. The van der Waals surface area contributed by atoms with Gasteiger partial charge in [-0.05, 0) is 44.8 Å². The second-order valence-electron chi connectivity index (χ2n) is 5.83. The minimum Gasteiger partial charge on any atom is -0.483 e. The van der Waals surface area contributed by atoms with Crippen LogP contribution in [-0.2, 0) is 4.79 Å². The van der Waals surface area contributed by atoms with Crippen LogP contribution in [0.2, 0.25) is 0 Å². The molecule has 25 heavy (non-hydrogen) atoms. The maximum Gasteiger partial charge on any atom is 0.258 e. The van der Waals surface area contributed by atoms with Crippen LogP contribution < -0.4 is 10.1 Å². The van der Waals surface area contributed by atoms with Crippen molar-refractivity contribution in [2.45, 2.75) is 19.4 Å². The molecular weight excluding hydrogens is 378 g/mol. The molecule has 4 heteroatoms. The normalized spacial score (nSPS) is 11.9. The lowest BCUT2D eigenvalue weighted by Gasteiger charge is -2.18. The fraction of sp³-hybridized carbons (Fsp3) is 0.190. The molecule has 0 spiro atoms. The Morgan fingerprint density at radius 2 is 1.76 bits per heavy atom. The lowest BCUT2D eigenvalue weighted by molar-refractivity contribution is -0.123. The predicted molar refractivity (Wildman–Crippen MR) is 105 cm³/mol. The molecule has 3 rings (SSSR count). The number of amides is 1. The van der Waals surface area contributed by atoms with Gasteiger partial charge in [0.05, 0.1) is 10.5 Å². The van der Waals surface area contributed by atoms with Crippen LogP contribution in [0.15, 0.2) is 71.2 Å². The summed E-state index contributed by atoms with van der Waals surface area (Å²) in [7, 11) is 0. The predicted octanol–water partition coefficient (Wildman–Crippen LogP) is 5.25. The van der Waals surface area contributed by atoms with Crippen LogP contribution in [0.1, 0.15) is 24.9 Å². The van der Waals surface area contributed by atoms with Gasteiger partial charge in [0.25, 0.3) is 5.91 Å². The Bertz CT molecular complexity index is 864. The highest BCUT2D eigenvalue weighted by molar-refractivity contribution is 9.10. The van der Waals surface area contributed by atoms with Gasteiger partial charge in [0.1, 0.15) is 5.75 Å². The first-order valence-corrected chi connectivity index (χ1v) is 9.12. The van der Waals surface area contributed by atoms with Crippen LogP contribution in [-0.4, -0.2) is 12.5 Å². The summed E-state index contributed by atoms with van der Waals surface area (Å²) < 4.78 is 6.60. The summed E-state index contributed by atoms with van der Waals surface area (Å²) in [6, 6.07) is 21.9. The van der Waals surface area contributed by atoms with Crippen molar-refractivity contribution in [2.24, 2.45) is 0 Å². The largest absolute Gasteiger partial charge is 0.483 e. The Hall–Kier alpha value is -2.33. The monoisotopic (exact) mass is 397 g/mol. The molecule has 128 valence electrons. The third kappa shape index (κ3) is 4.20. The highest BCUT2D eigenvalue weighted by Crippen LogP contribution is 2.33. The highest BCUT2D eigenvalue weighted by atomic mass is 79.9. The van der Waals surface area contributed by atoms with E-state index in [4.69, 9.17) is 4.74 Å². The summed E-state index contributed by atoms with van der Waals surface area (Å²) >= 11 is 3.58. The summed E-state index contributed by atoms with van der Waals surface area (Å²) in [6.45, 7) is 2.04. The highest BCUT2D eigenvalue weighted by Gasteiger charge is 2.14. The molecule has 0 aliphatic rings. The summed E-state index contributed by atoms with van der Waals surface area (Å²) in [4.78, 5) is 12.3. The Morgan fingerprint density at radius 3 is 2.52 bits per heavy atom. The molecule has 0 saturated carbocycles. The lowest BCUT2D eigenvalue weighted by Crippen LogP contribution is -2.32. The van der Waals surface area contributed by atoms with Crippen LogP contribution in [0.4, 0.5) is 0 Å². The smallest absolute Gasteiger partial charge is 0.258 e. The molecule has 3 aromatic carbocycles. The minimum atomic E-state index is -0.129. The number of hydrogen-bond donors (Lipinski definition) is 1. The Labute approximate surface area is 156 Å². The second-order valence-corrected chi connectivity index (χ2v) is 6.62. The van der Waals surface area contributed by atoms with Gasteiger partial charge in [-0.25, -0.2) is 0 Å². The van der Waals surface area contributed by atoms with Gasteiger partial charge in [-0.3, -0.25) is 4.79 Å². The molecule has 0 fully saturated rings. The Balaban J connectivity index is 1.65. The average molecular weight is 398 g/mol. The van der Waals surface area contributed by atoms with E-state index < -0.39 is 0 Å². The van der Waals surface area contributed by atoms with Crippen molar-refractivity contribution in [2.75, 3.05) is 6.61 Å². The zero-order valence-corrected chi connectivity index (χ0v) is 15.6. The van der Waals surface area contributed by atoms with E-state index in [0.717, 1.165) is 27.2 Å². The standard InChI is InChI=1S/C21H20BrNO2/c1-2-18(16-9-4-3-5-10-16)23-20(24)14-25-19-13-12-15-8-6-7-11-17(15)21(19)22/h3-13,18H,2,14H2,1H3,(H,23,24)/t18-/m0/s1. The number of carbonyl (C=O) groups excluding carboxylic acids is 1. The molecule has 0 aliphatic heterocycles. The van der Waals surface area contributed by atoms with Crippen molar-refractivity contribution in [1.29, 1.82) is 0 Å². The molecule has 0 saturated heterocycles. The maximum atomic E-state index is 12.3. The molecule has 0 bridgehead atoms. The van der Waals surface area contributed by atoms with Gasteiger partial charge in [0, 0.05) is 0 Å². The Morgan fingerprint density at radius 1 is 1.04 bits per heavy atom. The fourth-order valence-electron chi connectivity index (χ4n) is 2.81. The van der Waals surface area contributed by atoms with Crippen molar-refractivity contribution in [3.63, 3.8) is 0 Å². The lowest BCUT2D eigenvalue weighted by atomic mass is 10.0. The molecule has 0 aromatic heterocycles. The molecule has 1 atom stereocenters. The van der Waals surface area contributed by atoms with Crippen molar-refractivity contribution in [3.05, 3.63) is 76.8 Å². The fourth-order valence-corrected chi connectivity index (χ4v) is 3.42. The first kappa shape index (κ1) is 17.5. The van der Waals surface area contributed by atoms with Crippen molar-refractivity contribution < 1.29 is 9.53 Å². The van der Waals surface area contributed by atoms with Gasteiger partial charge in [0.15, 0.2) is 6.61 Å². The topological polar surface area (TPSA) is 38.3 Å². The van der Waals surface area contributed by atoms with E-state index in [9.17, 15) is 4.79 Å². The molecule has 3 aromatic rings. The van der Waals surface area contributed by atoms with Crippen LogP contribution in [0.25, 0.3) is 10.8 Å². The number of fused-ring (bicyclic) bond motifs is 1. The third-order valence-electron chi connectivity index (χ3n) is 4.13. The van der Waals surface area contributed by atoms with Gasteiger partial charge < -0.3 is 10.1 Å². The summed E-state index contributed by atoms with van der Waals surface area (Å²) in [6.07, 6.45) is 0.829. The molecule has 1 amide bonds. The minimum absolute atomic E-state index is 0.00246. The molecule has 0 radical (unpaired) electrons. The van der Waals surface area contributed by atoms with E-state index in [-0.39, 0.29) is 18.6 Å². The van der Waals surface area contributed by atoms with E-state index in [1.54, 1.807) is 0 Å². The van der Waals surface area contributed by atoms with Crippen LogP contribution in [0.5, 0.6) is 5.75 Å². The van der Waals surface area contributed by atoms with E-state index in [0.29, 0.717) is 5.75 Å². The van der Waals surface area contributed by atoms with E-state index in [1.165, 1.54) is 0 Å². The van der Waals surface area contributed by atoms with Gasteiger partial charge in [-0.2, -0.15) is 0 Å². The average Bonchev–Trinajstić information content (AvgIpc) is 2.66. The number of ether oxygens (including phenoxy) is 1. The zero-order chi connectivity index (χ0) is 17.6. The van der Waals surface area contributed by atoms with Gasteiger partial charge in [-0.15, -0.1) is 0 Å². The number of halogens is 1. The number of rotatable bonds is 6. The van der Waals surface area contributed by atoms with Crippen LogP contribution >= 0.6 is 15.9 Å². The van der Waals surface area contributed by atoms with Gasteiger partial charge >= 0.3 is 0 Å². The first-order valence-electron chi connectivity index (χ1n) is 8.33. The van der Waals surface area contributed by atoms with Gasteiger partial charge in [0.2, 0.25) is 0 Å². The van der Waals surface area contributed by atoms with Crippen molar-refractivity contribution in [3.8, 4) is 5.75 Å². The van der Waals surface area contributed by atoms with E-state index in [1.807, 2.05) is 66.7 Å². The molecule has 1 N–H and O–H groups in total. The van der Waals surface area contributed by atoms with Crippen LogP contribution in [0, 0.1) is 0 Å². The first-order chi connectivity index (χ1) is 12.2. The number of benzene rings is 3. The molecular formula is C21H20BrNO2. The summed E-state index contributed by atoms with van der Waals surface area (Å²) in [5.41, 5.74) is 1.10. The van der Waals surface area contributed by atoms with Crippen molar-refractivity contribution >= 4 is 32.6 Å². The van der Waals surface area contributed by atoms with E-state index in [2.05, 4.69) is 28.2 Å². The SMILES string of the molecule is CC[C@H](NC(=O)COc1ccc2ccccc2c1Br)c1ccccc1. The molecule has 3 nitrogen and oxygen atoms in total. The maximum absolute atomic E-state index is 12.3. The quantitative estimate of drug-likeness (QED) is 0.616. The summed E-state index contributed by atoms with van der Waals surface area (Å²) in [5, 5.41) is 5.22. The van der Waals surface area contributed by atoms with Gasteiger partial charge in [-0.1, -0.05) is 67.6 Å². The summed E-state index contributed by atoms with van der Waals surface area (Å²) in [5.74, 6) is 0.539.